The van der Waals surface area contributed by atoms with E-state index in [0.29, 0.717) is 11.1 Å². The van der Waals surface area contributed by atoms with Crippen molar-refractivity contribution in [2.24, 2.45) is 0 Å². The van der Waals surface area contributed by atoms with E-state index >= 15 is 0 Å². The first-order chi connectivity index (χ1) is 16.6. The van der Waals surface area contributed by atoms with Crippen molar-refractivity contribution in [1.29, 1.82) is 0 Å². The molecule has 1 N–H and O–H groups in total. The highest BCUT2D eigenvalue weighted by atomic mass is 32.2. The number of nitrogens with zero attached hydrogens (tertiary/aromatic N) is 2. The summed E-state index contributed by atoms with van der Waals surface area (Å²) in [5, 5.41) is 6.46. The van der Waals surface area contributed by atoms with Crippen LogP contribution in [0.3, 0.4) is 0 Å². The van der Waals surface area contributed by atoms with Gasteiger partial charge in [0.2, 0.25) is 5.91 Å². The average molecular weight is 490 g/mol. The number of thiophene rings is 1. The summed E-state index contributed by atoms with van der Waals surface area (Å²) in [4.78, 5) is 31.9. The zero-order chi connectivity index (χ0) is 23.5. The zero-order valence-corrected chi connectivity index (χ0v) is 20.7. The van der Waals surface area contributed by atoms with Crippen molar-refractivity contribution in [1.82, 2.24) is 14.9 Å². The second kappa shape index (κ2) is 10.2. The van der Waals surface area contributed by atoms with Crippen LogP contribution in [0.5, 0.6) is 0 Å². The van der Waals surface area contributed by atoms with Crippen LogP contribution in [0, 0.1) is 0 Å². The number of carbonyl (C=O) groups excluding carboxylic acids is 1. The molecule has 2 heterocycles. The molecule has 0 bridgehead atoms. The largest absolute Gasteiger partial charge is 0.353 e. The molecule has 1 unspecified atom stereocenters. The molecule has 1 atom stereocenters. The Balaban J connectivity index is 1.33. The number of amides is 1. The number of para-hydroxylation sites is 1. The first-order valence-electron chi connectivity index (χ1n) is 11.7. The van der Waals surface area contributed by atoms with E-state index in [4.69, 9.17) is 4.98 Å². The number of rotatable bonds is 9. The van der Waals surface area contributed by atoms with E-state index < -0.39 is 0 Å². The predicted octanol–water partition coefficient (Wildman–Crippen LogP) is 5.55. The van der Waals surface area contributed by atoms with Crippen molar-refractivity contribution < 1.29 is 4.79 Å². The first kappa shape index (κ1) is 22.9. The van der Waals surface area contributed by atoms with Crippen molar-refractivity contribution in [3.63, 3.8) is 0 Å². The molecular weight excluding hydrogens is 462 g/mol. The van der Waals surface area contributed by atoms with Gasteiger partial charge in [-0.25, -0.2) is 4.98 Å². The lowest BCUT2D eigenvalue weighted by atomic mass is 10.1. The van der Waals surface area contributed by atoms with E-state index in [0.717, 1.165) is 47.2 Å². The second-order valence-electron chi connectivity index (χ2n) is 8.80. The zero-order valence-electron chi connectivity index (χ0n) is 19.1. The van der Waals surface area contributed by atoms with E-state index in [2.05, 4.69) is 22.8 Å². The minimum Gasteiger partial charge on any atom is -0.353 e. The van der Waals surface area contributed by atoms with Crippen molar-refractivity contribution in [3.05, 3.63) is 87.5 Å². The van der Waals surface area contributed by atoms with Crippen LogP contribution in [-0.4, -0.2) is 27.3 Å². The predicted molar refractivity (Wildman–Crippen MR) is 140 cm³/mol. The summed E-state index contributed by atoms with van der Waals surface area (Å²) in [6, 6.07) is 19.9. The Hall–Kier alpha value is -2.90. The van der Waals surface area contributed by atoms with Gasteiger partial charge in [-0.2, -0.15) is 0 Å². The molecule has 0 radical (unpaired) electrons. The summed E-state index contributed by atoms with van der Waals surface area (Å²) in [6.45, 7) is 2.03. The third kappa shape index (κ3) is 5.10. The standard InChI is InChI=1S/C27H27N3O2S2/c1-18(12-13-19-8-4-2-5-9-19)28-23(31)17-34-27-29-25-24(22(16-33-25)20-14-15-20)26(32)30(27)21-10-6-3-7-11-21/h2-11,16,18,20H,12-15,17H2,1H3,(H,28,31). The fourth-order valence-corrected chi connectivity index (χ4v) is 6.02. The normalized spacial score (nSPS) is 14.3. The van der Waals surface area contributed by atoms with E-state index in [9.17, 15) is 9.59 Å². The van der Waals surface area contributed by atoms with Gasteiger partial charge in [-0.15, -0.1) is 11.3 Å². The Bertz CT molecular complexity index is 1350. The van der Waals surface area contributed by atoms with Gasteiger partial charge in [-0.05, 0) is 67.2 Å². The number of carbonyl (C=O) groups is 1. The molecule has 4 aromatic rings. The Kier molecular flexibility index (Phi) is 6.83. The molecule has 0 spiro atoms. The molecule has 7 heteroatoms. The number of aryl methyl sites for hydroxylation is 1. The molecule has 5 rings (SSSR count). The number of hydrogen-bond donors (Lipinski definition) is 1. The molecule has 0 aliphatic heterocycles. The van der Waals surface area contributed by atoms with Crippen LogP contribution in [0.2, 0.25) is 0 Å². The van der Waals surface area contributed by atoms with E-state index in [1.807, 2.05) is 55.5 Å². The Morgan fingerprint density at radius 3 is 2.56 bits per heavy atom. The number of hydrogen-bond acceptors (Lipinski definition) is 5. The number of benzene rings is 2. The van der Waals surface area contributed by atoms with Crippen LogP contribution in [0.15, 0.2) is 76.0 Å². The highest BCUT2D eigenvalue weighted by Crippen LogP contribution is 2.44. The highest BCUT2D eigenvalue weighted by molar-refractivity contribution is 7.99. The van der Waals surface area contributed by atoms with Gasteiger partial charge in [0.1, 0.15) is 4.83 Å². The number of thioether (sulfide) groups is 1. The van der Waals surface area contributed by atoms with Gasteiger partial charge in [0.05, 0.1) is 16.8 Å². The van der Waals surface area contributed by atoms with Crippen LogP contribution >= 0.6 is 23.1 Å². The van der Waals surface area contributed by atoms with Gasteiger partial charge >= 0.3 is 0 Å². The van der Waals surface area contributed by atoms with Gasteiger partial charge in [-0.3, -0.25) is 14.2 Å². The molecular formula is C27H27N3O2S2. The fraction of sp³-hybridized carbons (Fsp3) is 0.296. The van der Waals surface area contributed by atoms with Gasteiger partial charge < -0.3 is 5.32 Å². The topological polar surface area (TPSA) is 64.0 Å². The smallest absolute Gasteiger partial charge is 0.267 e. The quantitative estimate of drug-likeness (QED) is 0.247. The number of fused-ring (bicyclic) bond motifs is 1. The molecule has 34 heavy (non-hydrogen) atoms. The summed E-state index contributed by atoms with van der Waals surface area (Å²) in [7, 11) is 0. The minimum atomic E-state index is -0.0515. The van der Waals surface area contributed by atoms with E-state index in [1.165, 1.54) is 28.7 Å². The Morgan fingerprint density at radius 1 is 1.15 bits per heavy atom. The number of aromatic nitrogens is 2. The molecule has 1 aliphatic carbocycles. The molecule has 1 amide bonds. The molecule has 1 saturated carbocycles. The molecule has 2 aromatic carbocycles. The minimum absolute atomic E-state index is 0.0431. The van der Waals surface area contributed by atoms with Crippen molar-refractivity contribution in [2.75, 3.05) is 5.75 Å². The summed E-state index contributed by atoms with van der Waals surface area (Å²) >= 11 is 2.84. The van der Waals surface area contributed by atoms with Gasteiger partial charge in [0, 0.05) is 6.04 Å². The maximum Gasteiger partial charge on any atom is 0.267 e. The third-order valence-corrected chi connectivity index (χ3v) is 7.91. The highest BCUT2D eigenvalue weighted by Gasteiger charge is 2.29. The summed E-state index contributed by atoms with van der Waals surface area (Å²) in [5.41, 5.74) is 3.13. The van der Waals surface area contributed by atoms with Crippen LogP contribution in [-0.2, 0) is 11.2 Å². The van der Waals surface area contributed by atoms with Crippen molar-refractivity contribution in [3.8, 4) is 5.69 Å². The van der Waals surface area contributed by atoms with E-state index in [1.54, 1.807) is 4.57 Å². The monoisotopic (exact) mass is 489 g/mol. The van der Waals surface area contributed by atoms with Crippen LogP contribution in [0.25, 0.3) is 15.9 Å². The van der Waals surface area contributed by atoms with Gasteiger partial charge in [0.25, 0.3) is 5.56 Å². The molecule has 174 valence electrons. The maximum absolute atomic E-state index is 13.6. The maximum atomic E-state index is 13.6. The lowest BCUT2D eigenvalue weighted by molar-refractivity contribution is -0.119. The first-order valence-corrected chi connectivity index (χ1v) is 13.5. The summed E-state index contributed by atoms with van der Waals surface area (Å²) in [6.07, 6.45) is 4.06. The van der Waals surface area contributed by atoms with Crippen LogP contribution < -0.4 is 10.9 Å². The molecule has 5 nitrogen and oxygen atoms in total. The molecule has 2 aromatic heterocycles. The van der Waals surface area contributed by atoms with Gasteiger partial charge in [-0.1, -0.05) is 60.3 Å². The summed E-state index contributed by atoms with van der Waals surface area (Å²) < 4.78 is 1.66. The van der Waals surface area contributed by atoms with Crippen LogP contribution in [0.4, 0.5) is 0 Å². The summed E-state index contributed by atoms with van der Waals surface area (Å²) in [5.74, 6) is 0.639. The molecule has 1 aliphatic rings. The lowest BCUT2D eigenvalue weighted by Crippen LogP contribution is -2.34. The Morgan fingerprint density at radius 2 is 1.85 bits per heavy atom. The number of nitrogens with one attached hydrogen (secondary N) is 1. The third-order valence-electron chi connectivity index (χ3n) is 6.09. The second-order valence-corrected chi connectivity index (χ2v) is 10.6. The average Bonchev–Trinajstić information content (AvgIpc) is 3.61. The van der Waals surface area contributed by atoms with Crippen LogP contribution in [0.1, 0.15) is 43.2 Å². The van der Waals surface area contributed by atoms with Crippen molar-refractivity contribution >= 4 is 39.2 Å². The fourth-order valence-electron chi connectivity index (χ4n) is 4.14. The molecule has 0 saturated heterocycles. The van der Waals surface area contributed by atoms with E-state index in [-0.39, 0.29) is 23.3 Å². The molecule has 1 fully saturated rings. The van der Waals surface area contributed by atoms with Crippen molar-refractivity contribution in [2.45, 2.75) is 49.7 Å². The SMILES string of the molecule is CC(CCc1ccccc1)NC(=O)CSc1nc2scc(C3CC3)c2c(=O)n1-c1ccccc1. The Labute approximate surface area is 207 Å². The lowest BCUT2D eigenvalue weighted by Gasteiger charge is -2.15. The van der Waals surface area contributed by atoms with Gasteiger partial charge in [0.15, 0.2) is 5.16 Å².